The van der Waals surface area contributed by atoms with E-state index < -0.39 is 93.0 Å². The highest BCUT2D eigenvalue weighted by Gasteiger charge is 2.52. The first-order chi connectivity index (χ1) is 57.4. The van der Waals surface area contributed by atoms with Gasteiger partial charge in [0.1, 0.15) is 32.3 Å². The van der Waals surface area contributed by atoms with Crippen molar-refractivity contribution in [3.8, 4) is 78.0 Å². The number of rotatable bonds is 28. The molecule has 0 spiro atoms. The predicted molar refractivity (Wildman–Crippen MR) is 611 cm³/mol. The molecule has 0 saturated carbocycles. The van der Waals surface area contributed by atoms with E-state index in [4.69, 9.17) is 0 Å². The van der Waals surface area contributed by atoms with Gasteiger partial charge in [0, 0.05) is 78.0 Å². The van der Waals surface area contributed by atoms with Crippen molar-refractivity contribution >= 4 is 349 Å². The number of hydrogen-bond donors (Lipinski definition) is 0. The summed E-state index contributed by atoms with van der Waals surface area (Å²) in [5, 5.41) is 15.6. The van der Waals surface area contributed by atoms with Gasteiger partial charge in [-0.15, -0.1) is 181 Å². The molecule has 0 amide bonds. The molecule has 0 aliphatic carbocycles. The molecule has 0 N–H and O–H groups in total. The van der Waals surface area contributed by atoms with Crippen molar-refractivity contribution < 1.29 is 0 Å². The second-order valence-electron chi connectivity index (χ2n) is 39.3. The third-order valence-electron chi connectivity index (χ3n) is 28.8. The molecule has 16 heterocycles. The molecule has 122 heavy (non-hydrogen) atoms. The van der Waals surface area contributed by atoms with Crippen LogP contribution in [0.25, 0.3) is 78.0 Å². The number of hydrogen-bond acceptors (Lipinski definition) is 16. The summed E-state index contributed by atoms with van der Waals surface area (Å²) in [7, 11) is -25.3. The van der Waals surface area contributed by atoms with Crippen molar-refractivity contribution in [2.75, 3.05) is 0 Å². The van der Waals surface area contributed by atoms with Crippen molar-refractivity contribution in [2.24, 2.45) is 0 Å². The second kappa shape index (κ2) is 33.7. The Kier molecular flexibility index (Phi) is 25.1. The molecule has 0 aliphatic rings. The van der Waals surface area contributed by atoms with E-state index in [9.17, 15) is 0 Å². The van der Waals surface area contributed by atoms with Gasteiger partial charge in [-0.1, -0.05) is 287 Å². The highest BCUT2D eigenvalue weighted by atomic mass is 32.2. The fourth-order valence-corrected chi connectivity index (χ4v) is 107. The van der Waals surface area contributed by atoms with Gasteiger partial charge in [-0.2, -0.15) is 0 Å². The molecule has 0 aliphatic heterocycles. The molecule has 0 unspecified atom stereocenters. The first-order valence-corrected chi connectivity index (χ1v) is 95.4. The van der Waals surface area contributed by atoms with E-state index in [2.05, 4.69) is 521 Å². The minimum absolute atomic E-state index is 1.39. The Bertz CT molecular complexity index is 5790. The average Bonchev–Trinajstić information content (AvgIpc) is 1.10. The minimum Gasteiger partial charge on any atom is -0.144 e. The second-order valence-corrected chi connectivity index (χ2v) is 138. The van der Waals surface area contributed by atoms with E-state index in [0.29, 0.717) is 0 Å². The first kappa shape index (κ1) is 90.9. The Morgan fingerprint density at radius 1 is 0.139 bits per heavy atom. The summed E-state index contributed by atoms with van der Waals surface area (Å²) in [5.41, 5.74) is 0. The van der Waals surface area contributed by atoms with Crippen LogP contribution in [0.2, 0.25) is 157 Å². The van der Waals surface area contributed by atoms with Gasteiger partial charge in [-0.05, 0) is 173 Å². The Morgan fingerprint density at radius 2 is 0.262 bits per heavy atom. The molecule has 0 fully saturated rings. The normalized spacial score (nSPS) is 13.6. The van der Waals surface area contributed by atoms with Gasteiger partial charge < -0.3 is 0 Å². The largest absolute Gasteiger partial charge is 0.144 e. The molecule has 17 rings (SSSR count). The molecule has 0 saturated heterocycles. The van der Waals surface area contributed by atoms with Crippen LogP contribution in [0, 0.1) is 0 Å². The molecule has 1 aromatic carbocycles. The molecular weight excluding hydrogens is 1980 g/mol. The third-order valence-corrected chi connectivity index (χ3v) is 152. The highest BCUT2D eigenvalue weighted by molar-refractivity contribution is 7.63. The monoisotopic (exact) mass is 2090 g/mol. The van der Waals surface area contributed by atoms with Gasteiger partial charge in [0.05, 0.1) is 60.7 Å². The van der Waals surface area contributed by atoms with Crippen molar-refractivity contribution in [2.45, 2.75) is 157 Å². The van der Waals surface area contributed by atoms with Gasteiger partial charge in [0.15, 0.2) is 0 Å². The predicted octanol–water partition coefficient (Wildman–Crippen LogP) is 25.7. The summed E-state index contributed by atoms with van der Waals surface area (Å²) in [6.07, 6.45) is 0. The standard InChI is InChI=1S/C94H110S16Si12/c1-111(2,83-45-33-71(99-83)75-41-53-91(107-75)119(17,18)115(9,10)87-49-37-67(103-87)63-29-25-57-95-63)79-61-81(113(5,6)85-47-35-73(101-85)77-43-55-93(109-77)121(21,22)117(13,14)89-51-39-69(105-89)65-31-27-59-97-65)82(114(7,8)86-48-36-74(102-86)78-44-56-94(110-78)122(23,24)118(15,16)90-52-40-70(106-90)66-32-28-60-98-66)62-80(79)112(3,4)84-46-34-72(100-84)76-42-54-92(108-76)120(19,20)116(11,12)88-50-38-68(104-88)64-30-26-58-96-64/h25-62H,1-24H3. The van der Waals surface area contributed by atoms with E-state index in [1.165, 1.54) is 78.0 Å². The minimum atomic E-state index is -2.55. The van der Waals surface area contributed by atoms with Crippen LogP contribution in [0.15, 0.2) is 228 Å². The first-order valence-electron chi connectivity index (χ1n) is 42.1. The molecule has 17 aromatic rings. The zero-order valence-electron chi connectivity index (χ0n) is 74.5. The van der Waals surface area contributed by atoms with Crippen LogP contribution in [-0.2, 0) is 0 Å². The highest BCUT2D eigenvalue weighted by Crippen LogP contribution is 2.42. The Morgan fingerprint density at radius 3 is 0.393 bits per heavy atom. The van der Waals surface area contributed by atoms with Crippen molar-refractivity contribution in [3.63, 3.8) is 0 Å². The van der Waals surface area contributed by atoms with Gasteiger partial charge in [-0.3, -0.25) is 0 Å². The third kappa shape index (κ3) is 16.1. The smallest absolute Gasteiger partial charge is 0.124 e. The van der Waals surface area contributed by atoms with Crippen molar-refractivity contribution in [3.05, 3.63) is 228 Å². The lowest BCUT2D eigenvalue weighted by molar-refractivity contribution is 1.71. The van der Waals surface area contributed by atoms with Crippen LogP contribution in [-0.4, -0.2) is 93.0 Å². The molecule has 0 bridgehead atoms. The van der Waals surface area contributed by atoms with E-state index in [-0.39, 0.29) is 0 Å². The maximum Gasteiger partial charge on any atom is 0.124 e. The molecule has 0 nitrogen and oxygen atoms in total. The van der Waals surface area contributed by atoms with Crippen LogP contribution in [0.3, 0.4) is 0 Å². The quantitative estimate of drug-likeness (QED) is 0.0429. The van der Waals surface area contributed by atoms with Crippen molar-refractivity contribution in [1.29, 1.82) is 0 Å². The maximum absolute atomic E-state index is 2.98. The lowest BCUT2D eigenvalue weighted by Crippen LogP contribution is -2.73. The van der Waals surface area contributed by atoms with E-state index in [0.717, 1.165) is 0 Å². The summed E-state index contributed by atoms with van der Waals surface area (Å²) in [6, 6.07) is 84.5. The number of benzene rings is 1. The summed E-state index contributed by atoms with van der Waals surface area (Å²) in [5.74, 6) is 0. The van der Waals surface area contributed by atoms with Crippen LogP contribution in [0.5, 0.6) is 0 Å². The lowest BCUT2D eigenvalue weighted by atomic mass is 10.3. The van der Waals surface area contributed by atoms with E-state index >= 15 is 0 Å². The van der Waals surface area contributed by atoms with Gasteiger partial charge in [0.2, 0.25) is 0 Å². The fourth-order valence-electron chi connectivity index (χ4n) is 17.0. The van der Waals surface area contributed by atoms with Crippen molar-refractivity contribution in [1.82, 2.24) is 0 Å². The molecule has 28 heteroatoms. The molecule has 630 valence electrons. The summed E-state index contributed by atoms with van der Waals surface area (Å²) in [4.78, 5) is 22.8. The van der Waals surface area contributed by atoms with Gasteiger partial charge in [0.25, 0.3) is 0 Å². The summed E-state index contributed by atoms with van der Waals surface area (Å²) in [6.45, 7) is 65.0. The van der Waals surface area contributed by atoms with Gasteiger partial charge in [-0.25, -0.2) is 0 Å². The molecule has 16 aromatic heterocycles. The Hall–Kier alpha value is -2.98. The molecule has 0 atom stereocenters. The van der Waals surface area contributed by atoms with Crippen LogP contribution < -0.4 is 74.8 Å². The summed E-state index contributed by atoms with van der Waals surface area (Å²) < 4.78 is 19.6. The zero-order valence-corrected chi connectivity index (χ0v) is 99.5. The lowest BCUT2D eigenvalue weighted by Gasteiger charge is -2.38. The van der Waals surface area contributed by atoms with E-state index in [1.807, 2.05) is 45.3 Å². The number of thiophene rings is 16. The Balaban J connectivity index is 0.780. The topological polar surface area (TPSA) is 0 Å². The van der Waals surface area contributed by atoms with Crippen LogP contribution >= 0.6 is 181 Å². The zero-order chi connectivity index (χ0) is 86.7. The fraction of sp³-hybridized carbons (Fsp3) is 0.255. The maximum atomic E-state index is 2.98. The average molecular weight is 2090 g/mol. The molecular formula is C94H110S16Si12. The Labute approximate surface area is 801 Å². The molecule has 0 radical (unpaired) electrons. The van der Waals surface area contributed by atoms with Gasteiger partial charge >= 0.3 is 0 Å². The summed E-state index contributed by atoms with van der Waals surface area (Å²) >= 11 is 32.8. The van der Waals surface area contributed by atoms with Crippen LogP contribution in [0.4, 0.5) is 0 Å². The van der Waals surface area contributed by atoms with E-state index in [1.54, 1.807) is 74.8 Å². The van der Waals surface area contributed by atoms with Crippen LogP contribution in [0.1, 0.15) is 0 Å². The SMILES string of the molecule is C[Si](C)(c1ccc(-c2ccc([Si](C)(C)[Si](C)(C)c3ccc(-c4cccs4)s3)s2)s1)c1cc([Si](C)(C)c2ccc(-c3ccc([Si](C)(C)[Si](C)(C)c4ccc(-c5cccs5)s4)s3)s2)c([Si](C)(C)c2ccc(-c3ccc([Si](C)(C)[Si](C)(C)c4ccc(-c5cccs5)s4)s3)s2)cc1[Si](C)(C)c1ccc(-c2ccc([Si](C)(C)[Si](C)(C)c3ccc(-c4cccs4)s3)s2)s1.